The molecule has 5 nitrogen and oxygen atoms in total. The van der Waals surface area contributed by atoms with Gasteiger partial charge in [-0.05, 0) is 48.7 Å². The van der Waals surface area contributed by atoms with Gasteiger partial charge in [0.2, 0.25) is 5.95 Å². The van der Waals surface area contributed by atoms with E-state index in [9.17, 15) is 5.11 Å². The first-order valence-corrected chi connectivity index (χ1v) is 8.00. The lowest BCUT2D eigenvalue weighted by molar-refractivity contribution is 0.477. The fourth-order valence-corrected chi connectivity index (χ4v) is 3.22. The molecule has 0 unspecified atom stereocenters. The summed E-state index contributed by atoms with van der Waals surface area (Å²) in [6, 6.07) is 15.8. The molecular formula is C19H18N4O. The van der Waals surface area contributed by atoms with Crippen LogP contribution in [0.3, 0.4) is 0 Å². The van der Waals surface area contributed by atoms with Crippen LogP contribution in [0, 0.1) is 0 Å². The summed E-state index contributed by atoms with van der Waals surface area (Å²) in [5.74, 6) is 0.378. The first-order valence-electron chi connectivity index (χ1n) is 8.00. The third kappa shape index (κ3) is 2.54. The van der Waals surface area contributed by atoms with Crippen LogP contribution in [0.5, 0.6) is 5.75 Å². The number of phenolic OH excluding ortho intramolecular Hbond substituents is 1. The number of hydrogen-bond donors (Lipinski definition) is 2. The predicted molar refractivity (Wildman–Crippen MR) is 95.3 cm³/mol. The number of aromatic nitrogens is 2. The smallest absolute Gasteiger partial charge is 0.220 e. The molecule has 0 fully saturated rings. The number of benzene rings is 2. The molecule has 0 radical (unpaired) electrons. The minimum atomic E-state index is 0.183. The first-order chi connectivity index (χ1) is 11.7. The number of nitrogen functional groups attached to an aromatic ring is 1. The number of aromatic hydroxyl groups is 1. The van der Waals surface area contributed by atoms with Crippen LogP contribution >= 0.6 is 0 Å². The second-order valence-electron chi connectivity index (χ2n) is 5.89. The van der Waals surface area contributed by atoms with E-state index < -0.39 is 0 Å². The lowest BCUT2D eigenvalue weighted by Crippen LogP contribution is -2.24. The van der Waals surface area contributed by atoms with Gasteiger partial charge >= 0.3 is 0 Å². The molecule has 24 heavy (non-hydrogen) atoms. The lowest BCUT2D eigenvalue weighted by Gasteiger charge is -2.31. The van der Waals surface area contributed by atoms with E-state index in [0.29, 0.717) is 11.3 Å². The Hall–Kier alpha value is -3.08. The van der Waals surface area contributed by atoms with Crippen molar-refractivity contribution in [3.8, 4) is 17.0 Å². The van der Waals surface area contributed by atoms with Gasteiger partial charge < -0.3 is 15.7 Å². The summed E-state index contributed by atoms with van der Waals surface area (Å²) in [7, 11) is 0. The van der Waals surface area contributed by atoms with E-state index >= 15 is 0 Å². The molecule has 0 aliphatic carbocycles. The molecule has 120 valence electrons. The van der Waals surface area contributed by atoms with Crippen LogP contribution in [0.2, 0.25) is 0 Å². The Kier molecular flexibility index (Phi) is 3.54. The Morgan fingerprint density at radius 1 is 1.08 bits per heavy atom. The number of aryl methyl sites for hydroxylation is 1. The fourth-order valence-electron chi connectivity index (χ4n) is 3.22. The van der Waals surface area contributed by atoms with Gasteiger partial charge in [-0.3, -0.25) is 0 Å². The van der Waals surface area contributed by atoms with Gasteiger partial charge in [0, 0.05) is 29.7 Å². The highest BCUT2D eigenvalue weighted by Crippen LogP contribution is 2.37. The second kappa shape index (κ2) is 5.85. The minimum absolute atomic E-state index is 0.183. The standard InChI is InChI=1S/C19H18N4O/c20-19-21-10-9-16(22-19)15-12-14(7-8-18(15)24)23-11-3-5-13-4-1-2-6-17(13)23/h1-2,4,6-10,12,24H,3,5,11H2,(H2,20,21,22). The number of fused-ring (bicyclic) bond motifs is 1. The molecule has 2 aromatic carbocycles. The summed E-state index contributed by atoms with van der Waals surface area (Å²) in [6.07, 6.45) is 3.80. The van der Waals surface area contributed by atoms with Crippen molar-refractivity contribution in [3.63, 3.8) is 0 Å². The molecule has 1 aliphatic rings. The summed E-state index contributed by atoms with van der Waals surface area (Å²) >= 11 is 0. The van der Waals surface area contributed by atoms with Crippen LogP contribution in [0.15, 0.2) is 54.7 Å². The molecule has 1 aliphatic heterocycles. The molecule has 3 aromatic rings. The van der Waals surface area contributed by atoms with E-state index in [4.69, 9.17) is 5.73 Å². The fraction of sp³-hybridized carbons (Fsp3) is 0.158. The van der Waals surface area contributed by atoms with Crippen LogP contribution in [0.4, 0.5) is 17.3 Å². The zero-order chi connectivity index (χ0) is 16.5. The van der Waals surface area contributed by atoms with Crippen molar-refractivity contribution in [2.75, 3.05) is 17.2 Å². The highest BCUT2D eigenvalue weighted by molar-refractivity contribution is 5.76. The van der Waals surface area contributed by atoms with Crippen molar-refractivity contribution in [1.82, 2.24) is 9.97 Å². The monoisotopic (exact) mass is 318 g/mol. The summed E-state index contributed by atoms with van der Waals surface area (Å²) in [4.78, 5) is 10.4. The first kappa shape index (κ1) is 14.5. The van der Waals surface area contributed by atoms with Gasteiger partial charge in [0.1, 0.15) is 5.75 Å². The highest BCUT2D eigenvalue weighted by Gasteiger charge is 2.19. The molecule has 3 N–H and O–H groups in total. The van der Waals surface area contributed by atoms with Gasteiger partial charge in [0.25, 0.3) is 0 Å². The Balaban J connectivity index is 1.80. The average molecular weight is 318 g/mol. The largest absolute Gasteiger partial charge is 0.507 e. The summed E-state index contributed by atoms with van der Waals surface area (Å²) in [5.41, 5.74) is 10.6. The SMILES string of the molecule is Nc1nccc(-c2cc(N3CCCc4ccccc43)ccc2O)n1. The number of hydrogen-bond acceptors (Lipinski definition) is 5. The van der Waals surface area contributed by atoms with Crippen molar-refractivity contribution in [2.45, 2.75) is 12.8 Å². The quantitative estimate of drug-likeness (QED) is 0.756. The predicted octanol–water partition coefficient (Wildman–Crippen LogP) is 3.52. The van der Waals surface area contributed by atoms with Gasteiger partial charge in [0.05, 0.1) is 5.69 Å². The zero-order valence-corrected chi connectivity index (χ0v) is 13.2. The van der Waals surface area contributed by atoms with Crippen molar-refractivity contribution < 1.29 is 5.11 Å². The van der Waals surface area contributed by atoms with Crippen LogP contribution in [-0.2, 0) is 6.42 Å². The number of nitrogens with zero attached hydrogens (tertiary/aromatic N) is 3. The van der Waals surface area contributed by atoms with E-state index in [-0.39, 0.29) is 11.7 Å². The van der Waals surface area contributed by atoms with Gasteiger partial charge in [-0.15, -0.1) is 0 Å². The molecule has 0 amide bonds. The molecule has 0 spiro atoms. The summed E-state index contributed by atoms with van der Waals surface area (Å²) in [6.45, 7) is 0.952. The second-order valence-corrected chi connectivity index (χ2v) is 5.89. The lowest BCUT2D eigenvalue weighted by atomic mass is 10.0. The molecule has 1 aromatic heterocycles. The highest BCUT2D eigenvalue weighted by atomic mass is 16.3. The molecule has 0 saturated carbocycles. The van der Waals surface area contributed by atoms with Crippen LogP contribution in [0.1, 0.15) is 12.0 Å². The van der Waals surface area contributed by atoms with Gasteiger partial charge in [-0.25, -0.2) is 9.97 Å². The topological polar surface area (TPSA) is 75.3 Å². The van der Waals surface area contributed by atoms with Crippen LogP contribution < -0.4 is 10.6 Å². The molecule has 0 saturated heterocycles. The van der Waals surface area contributed by atoms with Gasteiger partial charge in [-0.1, -0.05) is 18.2 Å². The molecule has 0 atom stereocenters. The van der Waals surface area contributed by atoms with Gasteiger partial charge in [0.15, 0.2) is 0 Å². The number of para-hydroxylation sites is 1. The van der Waals surface area contributed by atoms with Crippen molar-refractivity contribution >= 4 is 17.3 Å². The van der Waals surface area contributed by atoms with E-state index in [1.807, 2.05) is 12.1 Å². The van der Waals surface area contributed by atoms with Crippen LogP contribution in [0.25, 0.3) is 11.3 Å². The average Bonchev–Trinajstić information content (AvgIpc) is 2.62. The maximum Gasteiger partial charge on any atom is 0.220 e. The van der Waals surface area contributed by atoms with Gasteiger partial charge in [-0.2, -0.15) is 0 Å². The van der Waals surface area contributed by atoms with E-state index in [1.165, 1.54) is 11.3 Å². The Morgan fingerprint density at radius 3 is 2.83 bits per heavy atom. The number of nitrogens with two attached hydrogens (primary N) is 1. The maximum absolute atomic E-state index is 10.3. The molecular weight excluding hydrogens is 300 g/mol. The van der Waals surface area contributed by atoms with Crippen molar-refractivity contribution in [3.05, 3.63) is 60.3 Å². The third-order valence-corrected chi connectivity index (χ3v) is 4.35. The number of rotatable bonds is 2. The Bertz CT molecular complexity index is 894. The van der Waals surface area contributed by atoms with Crippen molar-refractivity contribution in [1.29, 1.82) is 0 Å². The molecule has 2 heterocycles. The molecule has 0 bridgehead atoms. The van der Waals surface area contributed by atoms with Crippen molar-refractivity contribution in [2.24, 2.45) is 0 Å². The van der Waals surface area contributed by atoms with E-state index in [2.05, 4.69) is 39.1 Å². The summed E-state index contributed by atoms with van der Waals surface area (Å²) < 4.78 is 0. The zero-order valence-electron chi connectivity index (χ0n) is 13.2. The Labute approximate surface area is 140 Å². The summed E-state index contributed by atoms with van der Waals surface area (Å²) in [5, 5.41) is 10.3. The Morgan fingerprint density at radius 2 is 1.96 bits per heavy atom. The number of anilines is 3. The third-order valence-electron chi connectivity index (χ3n) is 4.35. The molecule has 5 heteroatoms. The van der Waals surface area contributed by atoms with Crippen LogP contribution in [-0.4, -0.2) is 21.6 Å². The minimum Gasteiger partial charge on any atom is -0.507 e. The molecule has 4 rings (SSSR count). The maximum atomic E-state index is 10.3. The van der Waals surface area contributed by atoms with E-state index in [1.54, 1.807) is 18.3 Å². The normalized spacial score (nSPS) is 13.6. The van der Waals surface area contributed by atoms with E-state index in [0.717, 1.165) is 25.1 Å². The number of phenols is 1.